The number of ketones is 1. The molecule has 0 fully saturated rings. The van der Waals surface area contributed by atoms with Crippen LogP contribution in [0.15, 0.2) is 36.8 Å². The van der Waals surface area contributed by atoms with E-state index >= 15 is 0 Å². The standard InChI is InChI=1S/C18H18N6O3/c1-2-24-20-9-17(22-24)21-18(26)11-23-10-13(8-19-23)12-3-4-14-15(25)5-6-27-16(14)7-12/h3-4,7-10H,2,5-6,11H2,1H3,(H,21,22,26). The van der Waals surface area contributed by atoms with Crippen LogP contribution < -0.4 is 10.1 Å². The lowest BCUT2D eigenvalue weighted by atomic mass is 10.0. The third-order valence-electron chi connectivity index (χ3n) is 4.23. The van der Waals surface area contributed by atoms with Gasteiger partial charge in [0.05, 0.1) is 31.1 Å². The van der Waals surface area contributed by atoms with E-state index in [2.05, 4.69) is 20.6 Å². The summed E-state index contributed by atoms with van der Waals surface area (Å²) in [5.74, 6) is 0.848. The van der Waals surface area contributed by atoms with Crippen LogP contribution in [0.2, 0.25) is 0 Å². The molecule has 1 aliphatic rings. The average molecular weight is 366 g/mol. The lowest BCUT2D eigenvalue weighted by Crippen LogP contribution is -2.19. The van der Waals surface area contributed by atoms with Gasteiger partial charge in [-0.1, -0.05) is 6.07 Å². The summed E-state index contributed by atoms with van der Waals surface area (Å²) in [6.07, 6.45) is 5.36. The molecule has 0 unspecified atom stereocenters. The Bertz CT molecular complexity index is 1010. The summed E-state index contributed by atoms with van der Waals surface area (Å²) in [7, 11) is 0. The van der Waals surface area contributed by atoms with Crippen molar-refractivity contribution in [3.8, 4) is 16.9 Å². The number of Topliss-reactive ketones (excluding diaryl/α,β-unsaturated/α-hetero) is 1. The first-order chi connectivity index (χ1) is 13.1. The highest BCUT2D eigenvalue weighted by molar-refractivity contribution is 6.00. The predicted molar refractivity (Wildman–Crippen MR) is 96.4 cm³/mol. The molecular formula is C18H18N6O3. The van der Waals surface area contributed by atoms with Crippen molar-refractivity contribution in [1.82, 2.24) is 24.8 Å². The summed E-state index contributed by atoms with van der Waals surface area (Å²) in [4.78, 5) is 25.5. The van der Waals surface area contributed by atoms with Gasteiger partial charge in [0.2, 0.25) is 5.91 Å². The fourth-order valence-electron chi connectivity index (χ4n) is 2.88. The van der Waals surface area contributed by atoms with Gasteiger partial charge in [-0.25, -0.2) is 0 Å². The lowest BCUT2D eigenvalue weighted by Gasteiger charge is -2.16. The average Bonchev–Trinajstić information content (AvgIpc) is 3.31. The maximum atomic E-state index is 12.1. The zero-order valence-electron chi connectivity index (χ0n) is 14.8. The first kappa shape index (κ1) is 17.0. The van der Waals surface area contributed by atoms with Crippen molar-refractivity contribution in [2.75, 3.05) is 11.9 Å². The molecule has 0 aliphatic carbocycles. The van der Waals surface area contributed by atoms with Crippen molar-refractivity contribution in [2.24, 2.45) is 0 Å². The second-order valence-corrected chi connectivity index (χ2v) is 6.13. The summed E-state index contributed by atoms with van der Waals surface area (Å²) in [6.45, 7) is 3.00. The molecule has 0 spiro atoms. The number of aryl methyl sites for hydroxylation is 1. The molecule has 0 radical (unpaired) electrons. The largest absolute Gasteiger partial charge is 0.492 e. The summed E-state index contributed by atoms with van der Waals surface area (Å²) >= 11 is 0. The van der Waals surface area contributed by atoms with Crippen LogP contribution in [0.4, 0.5) is 5.82 Å². The number of aromatic nitrogens is 5. The highest BCUT2D eigenvalue weighted by Gasteiger charge is 2.19. The number of ether oxygens (including phenoxy) is 1. The number of nitrogens with zero attached hydrogens (tertiary/aromatic N) is 5. The minimum atomic E-state index is -0.243. The molecule has 9 heteroatoms. The second-order valence-electron chi connectivity index (χ2n) is 6.13. The Balaban J connectivity index is 1.45. The van der Waals surface area contributed by atoms with Gasteiger partial charge in [0, 0.05) is 18.2 Å². The molecule has 1 aliphatic heterocycles. The van der Waals surface area contributed by atoms with Crippen LogP contribution in [0.1, 0.15) is 23.7 Å². The number of hydrogen-bond donors (Lipinski definition) is 1. The molecule has 0 saturated carbocycles. The number of hydrogen-bond acceptors (Lipinski definition) is 6. The highest BCUT2D eigenvalue weighted by atomic mass is 16.5. The maximum absolute atomic E-state index is 12.1. The van der Waals surface area contributed by atoms with Crippen LogP contribution in [0, 0.1) is 0 Å². The number of anilines is 1. The number of rotatable bonds is 5. The van der Waals surface area contributed by atoms with Gasteiger partial charge in [-0.2, -0.15) is 15.0 Å². The fraction of sp³-hybridized carbons (Fsp3) is 0.278. The molecule has 0 saturated heterocycles. The molecular weight excluding hydrogens is 348 g/mol. The van der Waals surface area contributed by atoms with Crippen LogP contribution >= 0.6 is 0 Å². The lowest BCUT2D eigenvalue weighted by molar-refractivity contribution is -0.116. The van der Waals surface area contributed by atoms with E-state index in [0.29, 0.717) is 36.7 Å². The van der Waals surface area contributed by atoms with Crippen LogP contribution in [0.3, 0.4) is 0 Å². The van der Waals surface area contributed by atoms with Crippen LogP contribution in [0.25, 0.3) is 11.1 Å². The molecule has 0 atom stereocenters. The minimum Gasteiger partial charge on any atom is -0.492 e. The summed E-state index contributed by atoms with van der Waals surface area (Å²) in [5, 5.41) is 15.0. The third-order valence-corrected chi connectivity index (χ3v) is 4.23. The smallest absolute Gasteiger partial charge is 0.247 e. The fourth-order valence-corrected chi connectivity index (χ4v) is 2.88. The Kier molecular flexibility index (Phi) is 4.41. The molecule has 0 bridgehead atoms. The topological polar surface area (TPSA) is 104 Å². The molecule has 3 aromatic rings. The molecule has 2 aromatic heterocycles. The summed E-state index contributed by atoms with van der Waals surface area (Å²) in [6, 6.07) is 5.46. The molecule has 138 valence electrons. The number of nitrogens with one attached hydrogen (secondary N) is 1. The van der Waals surface area contributed by atoms with Crippen LogP contribution in [-0.2, 0) is 17.9 Å². The first-order valence-corrected chi connectivity index (χ1v) is 8.65. The Morgan fingerprint density at radius 3 is 2.96 bits per heavy atom. The maximum Gasteiger partial charge on any atom is 0.247 e. The molecule has 3 heterocycles. The normalized spacial score (nSPS) is 13.1. The van der Waals surface area contributed by atoms with Gasteiger partial charge in [0.1, 0.15) is 12.3 Å². The van der Waals surface area contributed by atoms with Gasteiger partial charge in [-0.3, -0.25) is 14.3 Å². The van der Waals surface area contributed by atoms with E-state index in [1.54, 1.807) is 23.1 Å². The van der Waals surface area contributed by atoms with Gasteiger partial charge in [0.25, 0.3) is 0 Å². The van der Waals surface area contributed by atoms with E-state index in [9.17, 15) is 9.59 Å². The third kappa shape index (κ3) is 3.57. The zero-order chi connectivity index (χ0) is 18.8. The molecule has 1 N–H and O–H groups in total. The van der Waals surface area contributed by atoms with Gasteiger partial charge in [-0.15, -0.1) is 5.10 Å². The first-order valence-electron chi connectivity index (χ1n) is 8.65. The van der Waals surface area contributed by atoms with Crippen molar-refractivity contribution >= 4 is 17.5 Å². The van der Waals surface area contributed by atoms with Crippen molar-refractivity contribution in [1.29, 1.82) is 0 Å². The quantitative estimate of drug-likeness (QED) is 0.738. The van der Waals surface area contributed by atoms with Crippen LogP contribution in [0.5, 0.6) is 5.75 Å². The van der Waals surface area contributed by atoms with Gasteiger partial charge in [0.15, 0.2) is 11.6 Å². The summed E-state index contributed by atoms with van der Waals surface area (Å²) in [5.41, 5.74) is 2.32. The van der Waals surface area contributed by atoms with E-state index in [0.717, 1.165) is 11.1 Å². The van der Waals surface area contributed by atoms with E-state index in [1.807, 2.05) is 19.1 Å². The van der Waals surface area contributed by atoms with Crippen molar-refractivity contribution < 1.29 is 14.3 Å². The van der Waals surface area contributed by atoms with E-state index in [1.165, 1.54) is 11.0 Å². The molecule has 27 heavy (non-hydrogen) atoms. The predicted octanol–water partition coefficient (Wildman–Crippen LogP) is 1.77. The molecule has 4 rings (SSSR count). The Labute approximate surface area is 154 Å². The highest BCUT2D eigenvalue weighted by Crippen LogP contribution is 2.30. The Morgan fingerprint density at radius 1 is 1.26 bits per heavy atom. The SMILES string of the molecule is CCn1ncc(NC(=O)Cn2cc(-c3ccc4c(c3)OCCC4=O)cn2)n1. The number of carbonyl (C=O) groups is 2. The molecule has 1 amide bonds. The Hall–Kier alpha value is -3.49. The van der Waals surface area contributed by atoms with Gasteiger partial charge in [-0.05, 0) is 24.6 Å². The van der Waals surface area contributed by atoms with E-state index < -0.39 is 0 Å². The monoisotopic (exact) mass is 366 g/mol. The number of fused-ring (bicyclic) bond motifs is 1. The van der Waals surface area contributed by atoms with E-state index in [-0.39, 0.29) is 18.2 Å². The number of carbonyl (C=O) groups excluding carboxylic acids is 2. The summed E-state index contributed by atoms with van der Waals surface area (Å²) < 4.78 is 7.12. The van der Waals surface area contributed by atoms with Crippen molar-refractivity contribution in [3.05, 3.63) is 42.4 Å². The van der Waals surface area contributed by atoms with Crippen molar-refractivity contribution in [2.45, 2.75) is 26.4 Å². The minimum absolute atomic E-state index is 0.0545. The zero-order valence-corrected chi connectivity index (χ0v) is 14.8. The van der Waals surface area contributed by atoms with Crippen LogP contribution in [-0.4, -0.2) is 43.1 Å². The van der Waals surface area contributed by atoms with Crippen molar-refractivity contribution in [3.63, 3.8) is 0 Å². The second kappa shape index (κ2) is 7.02. The van der Waals surface area contributed by atoms with E-state index in [4.69, 9.17) is 4.74 Å². The Morgan fingerprint density at radius 2 is 2.15 bits per heavy atom. The van der Waals surface area contributed by atoms with Gasteiger partial charge >= 0.3 is 0 Å². The number of benzene rings is 1. The molecule has 9 nitrogen and oxygen atoms in total. The van der Waals surface area contributed by atoms with Gasteiger partial charge < -0.3 is 10.1 Å². The molecule has 1 aromatic carbocycles. The number of amides is 1.